The quantitative estimate of drug-likeness (QED) is 0.0429. The highest BCUT2D eigenvalue weighted by atomic mass is 16.5. The molecular weight excluding hydrogens is 1290 g/mol. The minimum absolute atomic E-state index is 0.0203. The van der Waals surface area contributed by atoms with Gasteiger partial charge in [-0.05, 0) is 219 Å². The number of Topliss-reactive ketones (excluding diaryl/α,β-unsaturated/α-hetero) is 2. The van der Waals surface area contributed by atoms with Gasteiger partial charge in [-0.3, -0.25) is 14.4 Å². The lowest BCUT2D eigenvalue weighted by molar-refractivity contribution is -0.148. The number of rotatable bonds is 8. The Morgan fingerprint density at radius 3 is 2.52 bits per heavy atom. The van der Waals surface area contributed by atoms with E-state index in [-0.39, 0.29) is 101 Å². The summed E-state index contributed by atoms with van der Waals surface area (Å²) >= 11 is 0. The van der Waals surface area contributed by atoms with E-state index in [0.717, 1.165) is 164 Å². The molecule has 12 atom stereocenters. The Balaban J connectivity index is 0.890. The molecule has 4 saturated carbocycles. The third-order valence-corrected chi connectivity index (χ3v) is 27.3. The first-order valence-electron chi connectivity index (χ1n) is 38.5. The average molecular weight is 1390 g/mol. The van der Waals surface area contributed by atoms with Gasteiger partial charge < -0.3 is 59.5 Å². The zero-order valence-corrected chi connectivity index (χ0v) is 59.6. The Bertz CT molecular complexity index is 4600. The summed E-state index contributed by atoms with van der Waals surface area (Å²) in [4.78, 5) is 50.4. The van der Waals surface area contributed by atoms with Gasteiger partial charge in [-0.15, -0.1) is 0 Å². The molecule has 4 spiro atoms. The van der Waals surface area contributed by atoms with Crippen LogP contribution in [0, 0.1) is 57.2 Å². The Morgan fingerprint density at radius 2 is 1.70 bits per heavy atom. The van der Waals surface area contributed by atoms with E-state index in [4.69, 9.17) is 14.2 Å². The van der Waals surface area contributed by atoms with Crippen LogP contribution in [0.25, 0.3) is 10.8 Å². The van der Waals surface area contributed by atoms with Gasteiger partial charge in [0.15, 0.2) is 11.5 Å². The van der Waals surface area contributed by atoms with Crippen molar-refractivity contribution in [1.29, 1.82) is 0 Å². The van der Waals surface area contributed by atoms with Crippen LogP contribution in [0.15, 0.2) is 145 Å². The minimum Gasteiger partial charge on any atom is -0.508 e. The molecule has 2 aromatic heterocycles. The van der Waals surface area contributed by atoms with Crippen molar-refractivity contribution >= 4 is 34.0 Å². The number of fused-ring (bicyclic) bond motifs is 4. The van der Waals surface area contributed by atoms with E-state index in [1.165, 1.54) is 19.6 Å². The van der Waals surface area contributed by atoms with Crippen molar-refractivity contribution in [3.05, 3.63) is 184 Å². The molecule has 0 saturated heterocycles. The van der Waals surface area contributed by atoms with Crippen molar-refractivity contribution in [3.63, 3.8) is 0 Å². The number of nitrogens with one attached hydrogen (secondary N) is 2. The van der Waals surface area contributed by atoms with Gasteiger partial charge in [-0.1, -0.05) is 97.8 Å². The summed E-state index contributed by atoms with van der Waals surface area (Å²) in [6, 6.07) is 19.9. The number of benzene rings is 4. The van der Waals surface area contributed by atoms with Gasteiger partial charge in [0.1, 0.15) is 40.7 Å². The number of aromatic hydroxyl groups is 3. The SMILES string of the molecule is COc1cc2cc(O)c1Oc1cc(O)cc(c1)CC1(CCCC1)[C@H](CO)C[C@H]1CC[C@]3(CC[C@]4(Cc5c6c(ccc7c6cn5[C@H]2CC(=O)C[C@H](OC(C)=O)CC[C@]25C6=CC=C[C@@H]2CC=C[C@@H]5c2c[nH]cc2[C@@H](C#CC6)[C@@H](c2cccc(O)c2)C2=CCNC(=C2)N7CCC(=O)C2CCCC2)[C@H]4O)C3)C1. The number of aromatic nitrogens is 2. The topological polar surface area (TPSA) is 216 Å². The number of hydrogen-bond donors (Lipinski definition) is 7. The molecule has 0 amide bonds. The van der Waals surface area contributed by atoms with Crippen molar-refractivity contribution in [2.24, 2.45) is 45.3 Å². The maximum absolute atomic E-state index is 16.1. The molecule has 0 unspecified atom stereocenters. The lowest BCUT2D eigenvalue weighted by atomic mass is 9.53. The molecule has 4 aliphatic heterocycles. The first-order valence-corrected chi connectivity index (χ1v) is 38.5. The van der Waals surface area contributed by atoms with E-state index in [9.17, 15) is 35.1 Å². The molecule has 12 aliphatic rings. The predicted molar refractivity (Wildman–Crippen MR) is 396 cm³/mol. The minimum atomic E-state index is -0.844. The van der Waals surface area contributed by atoms with Crippen molar-refractivity contribution < 1.29 is 54.1 Å². The molecule has 103 heavy (non-hydrogen) atoms. The van der Waals surface area contributed by atoms with E-state index in [0.29, 0.717) is 62.4 Å². The number of aromatic amines is 1. The van der Waals surface area contributed by atoms with Gasteiger partial charge in [-0.2, -0.15) is 0 Å². The number of phenols is 3. The number of allylic oxidation sites excluding steroid dienone is 8. The van der Waals surface area contributed by atoms with E-state index in [2.05, 4.69) is 111 Å². The molecule has 4 fully saturated rings. The number of nitrogens with zero attached hydrogens (tertiary/aromatic N) is 2. The number of ketones is 2. The number of aliphatic hydroxyl groups is 2. The number of dihydropyridines is 1. The molecule has 7 N–H and O–H groups in total. The summed E-state index contributed by atoms with van der Waals surface area (Å²) in [6.45, 7) is 2.27. The smallest absolute Gasteiger partial charge is 0.302 e. The van der Waals surface area contributed by atoms with Crippen molar-refractivity contribution in [2.75, 3.05) is 31.7 Å². The zero-order valence-electron chi connectivity index (χ0n) is 59.6. The molecule has 0 radical (unpaired) electrons. The second-order valence-electron chi connectivity index (χ2n) is 33.0. The highest BCUT2D eigenvalue weighted by Gasteiger charge is 2.58. The van der Waals surface area contributed by atoms with Gasteiger partial charge in [0, 0.05) is 122 Å². The fraction of sp³-hybridized carbons (Fsp3) is 0.489. The lowest BCUT2D eigenvalue weighted by Crippen LogP contribution is -2.41. The first-order chi connectivity index (χ1) is 50.0. The van der Waals surface area contributed by atoms with Crippen LogP contribution >= 0.6 is 0 Å². The second-order valence-corrected chi connectivity index (χ2v) is 33.0. The number of ether oxygens (including phenoxy) is 3. The number of carbonyl (C=O) groups is 3. The van der Waals surface area contributed by atoms with Crippen LogP contribution in [0.2, 0.25) is 0 Å². The van der Waals surface area contributed by atoms with Gasteiger partial charge in [0.2, 0.25) is 5.75 Å². The Labute approximate surface area is 604 Å². The van der Waals surface area contributed by atoms with Crippen molar-refractivity contribution in [3.8, 4) is 46.3 Å². The van der Waals surface area contributed by atoms with Crippen LogP contribution in [0.5, 0.6) is 34.5 Å². The lowest BCUT2D eigenvalue weighted by Gasteiger charge is -2.50. The van der Waals surface area contributed by atoms with Crippen LogP contribution in [0.3, 0.4) is 0 Å². The predicted octanol–water partition coefficient (Wildman–Crippen LogP) is 16.7. The molecule has 15 heteroatoms. The summed E-state index contributed by atoms with van der Waals surface area (Å²) in [5.41, 5.74) is 7.97. The van der Waals surface area contributed by atoms with Crippen LogP contribution < -0.4 is 19.7 Å². The molecule has 6 heterocycles. The zero-order chi connectivity index (χ0) is 70.5. The molecule has 15 nitrogen and oxygen atoms in total. The summed E-state index contributed by atoms with van der Waals surface area (Å²) in [7, 11) is 1.53. The van der Waals surface area contributed by atoms with Crippen LogP contribution in [-0.2, 0) is 32.0 Å². The summed E-state index contributed by atoms with van der Waals surface area (Å²) in [5, 5.41) is 66.7. The number of hydrogen-bond acceptors (Lipinski definition) is 13. The molecular formula is C88H98N4O11. The Morgan fingerprint density at radius 1 is 0.845 bits per heavy atom. The second kappa shape index (κ2) is 26.8. The highest BCUT2D eigenvalue weighted by molar-refractivity contribution is 6.01. The largest absolute Gasteiger partial charge is 0.508 e. The molecule has 18 rings (SSSR count). The Hall–Kier alpha value is -8.71. The third-order valence-electron chi connectivity index (χ3n) is 27.3. The van der Waals surface area contributed by atoms with E-state index < -0.39 is 46.9 Å². The van der Waals surface area contributed by atoms with E-state index in [1.807, 2.05) is 24.3 Å². The molecule has 8 aliphatic carbocycles. The van der Waals surface area contributed by atoms with Crippen LogP contribution in [0.1, 0.15) is 217 Å². The van der Waals surface area contributed by atoms with Gasteiger partial charge in [-0.25, -0.2) is 0 Å². The van der Waals surface area contributed by atoms with E-state index in [1.54, 1.807) is 24.3 Å². The summed E-state index contributed by atoms with van der Waals surface area (Å²) < 4.78 is 21.7. The fourth-order valence-corrected chi connectivity index (χ4v) is 22.7. The molecule has 4 aromatic carbocycles. The normalized spacial score (nSPS) is 30.6. The number of phenolic OH excluding ortho intramolecular Hbond substituents is 3. The molecule has 536 valence electrons. The van der Waals surface area contributed by atoms with Gasteiger partial charge in [0.25, 0.3) is 0 Å². The van der Waals surface area contributed by atoms with Crippen molar-refractivity contribution in [2.45, 2.75) is 197 Å². The summed E-state index contributed by atoms with van der Waals surface area (Å²) in [5.74, 6) is 8.09. The number of carbonyl (C=O) groups excluding carboxylic acids is 3. The van der Waals surface area contributed by atoms with E-state index >= 15 is 4.79 Å². The number of aliphatic hydroxyl groups excluding tert-OH is 2. The maximum Gasteiger partial charge on any atom is 0.302 e. The van der Waals surface area contributed by atoms with Crippen LogP contribution in [0.4, 0.5) is 5.69 Å². The Kier molecular flexibility index (Phi) is 17.5. The maximum atomic E-state index is 16.1. The third kappa shape index (κ3) is 11.9. The van der Waals surface area contributed by atoms with Crippen LogP contribution in [-0.4, -0.2) is 85.5 Å². The van der Waals surface area contributed by atoms with Crippen molar-refractivity contribution in [1.82, 2.24) is 14.9 Å². The number of H-pyrrole nitrogens is 1. The van der Waals surface area contributed by atoms with Gasteiger partial charge in [0.05, 0.1) is 30.9 Å². The molecule has 6 aromatic rings. The number of anilines is 1. The molecule has 14 bridgehead atoms. The number of methoxy groups -OCH3 is 1. The standard InChI is InChI=1S/C88H98N4O11/c1-53(94)102-66-24-30-88-60-14-8-15-61(88)17-10-20-73(88)71-49-89-48-70(71)68(19-9-16-60)81(57-13-7-18-63(95)38-57)58-25-33-90-80(41-58)91(34-26-77(98)56-11-3-4-12-56)74-22-21-69-82-72(74)50-92-75(44-65(97)42-66)59-39-78(99)83(79(40-59)101-2)103-67-37-55(36-64(96)43-67)46-86(27-5-6-28-86)62(51-93)35-54-23-29-85(45-54)31-32-87(52-85,84(69)100)47-76(82)92/h7-8,10,13-15,18,20-22,25,36-41,43,48-50,54,56,61-62,66,68,73,75,81,84,89-90,93,95-96,99-100H,3-6,11-12,16-17,23-24,26-35,42,44-47,51-52H2,1-2H3/t54-,61-,62+,66-,68-,73-,75+,81+,84-,85+,87+,88+/m1/s1. The monoisotopic (exact) mass is 1390 g/mol. The number of esters is 1. The summed E-state index contributed by atoms with van der Waals surface area (Å²) in [6.07, 6.45) is 38.5. The highest BCUT2D eigenvalue weighted by Crippen LogP contribution is 2.68. The fourth-order valence-electron chi connectivity index (χ4n) is 22.7. The average Bonchev–Trinajstić information content (AvgIpc) is 1.58. The van der Waals surface area contributed by atoms with Gasteiger partial charge >= 0.3 is 5.97 Å². The first kappa shape index (κ1) is 67.5.